The molecule has 0 saturated carbocycles. The van der Waals surface area contributed by atoms with Gasteiger partial charge < -0.3 is 30.3 Å². The van der Waals surface area contributed by atoms with E-state index in [1.165, 1.54) is 12.4 Å². The van der Waals surface area contributed by atoms with Gasteiger partial charge in [0.05, 0.1) is 35.9 Å². The number of hydrogen-bond donors (Lipinski definition) is 3. The smallest absolute Gasteiger partial charge is 0.410 e. The zero-order chi connectivity index (χ0) is 27.3. The molecule has 2 unspecified atom stereocenters. The van der Waals surface area contributed by atoms with Gasteiger partial charge in [-0.1, -0.05) is 6.08 Å². The van der Waals surface area contributed by atoms with E-state index in [-0.39, 0.29) is 17.7 Å². The summed E-state index contributed by atoms with van der Waals surface area (Å²) in [4.78, 5) is 40.3. The molecule has 4 rings (SSSR count). The van der Waals surface area contributed by atoms with Gasteiger partial charge in [0, 0.05) is 38.4 Å². The first-order chi connectivity index (χ1) is 18.1. The first-order valence-corrected chi connectivity index (χ1v) is 12.5. The summed E-state index contributed by atoms with van der Waals surface area (Å²) >= 11 is 0. The monoisotopic (exact) mass is 520 g/mol. The van der Waals surface area contributed by atoms with Crippen molar-refractivity contribution in [1.29, 1.82) is 5.26 Å². The molecular formula is C26H32N8O4. The van der Waals surface area contributed by atoms with Crippen LogP contribution < -0.4 is 15.5 Å². The summed E-state index contributed by atoms with van der Waals surface area (Å²) in [6.45, 7) is 7.72. The number of piperidine rings is 1. The predicted octanol–water partition coefficient (Wildman–Crippen LogP) is 3.58. The summed E-state index contributed by atoms with van der Waals surface area (Å²) in [6.07, 6.45) is 9.45. The fraction of sp³-hybridized carbons (Fsp3) is 0.462. The molecule has 0 aliphatic carbocycles. The number of aliphatic carboxylic acids is 1. The van der Waals surface area contributed by atoms with Crippen molar-refractivity contribution in [3.63, 3.8) is 0 Å². The summed E-state index contributed by atoms with van der Waals surface area (Å²) in [7, 11) is 0. The van der Waals surface area contributed by atoms with Gasteiger partial charge in [0.25, 0.3) is 0 Å². The number of rotatable bonds is 7. The molecule has 200 valence electrons. The Hall–Kier alpha value is -4.40. The number of amides is 1. The van der Waals surface area contributed by atoms with Gasteiger partial charge in [0.15, 0.2) is 5.69 Å². The first kappa shape index (κ1) is 26.7. The normalized spacial score (nSPS) is 19.1. The number of carbonyl (C=O) groups is 2. The number of nitrogens with one attached hydrogen (secondary N) is 2. The van der Waals surface area contributed by atoms with Crippen LogP contribution in [0, 0.1) is 23.2 Å². The quantitative estimate of drug-likeness (QED) is 0.490. The molecule has 1 fully saturated rings. The second-order valence-corrected chi connectivity index (χ2v) is 10.4. The largest absolute Gasteiger partial charge is 0.481 e. The van der Waals surface area contributed by atoms with Crippen molar-refractivity contribution in [2.24, 2.45) is 11.8 Å². The van der Waals surface area contributed by atoms with Crippen LogP contribution in [0.2, 0.25) is 0 Å². The number of likely N-dealkylation sites (tertiary alicyclic amines) is 1. The second kappa shape index (κ2) is 11.3. The van der Waals surface area contributed by atoms with E-state index >= 15 is 0 Å². The van der Waals surface area contributed by atoms with E-state index in [1.54, 1.807) is 23.4 Å². The van der Waals surface area contributed by atoms with Gasteiger partial charge in [-0.3, -0.25) is 4.79 Å². The van der Waals surface area contributed by atoms with Crippen molar-refractivity contribution in [3.05, 3.63) is 42.6 Å². The molecule has 12 nitrogen and oxygen atoms in total. The Kier molecular flexibility index (Phi) is 7.95. The van der Waals surface area contributed by atoms with Crippen LogP contribution in [-0.2, 0) is 9.53 Å². The fourth-order valence-electron chi connectivity index (χ4n) is 4.33. The highest BCUT2D eigenvalue weighted by molar-refractivity contribution is 5.79. The molecular weight excluding hydrogens is 488 g/mol. The molecule has 0 radical (unpaired) electrons. The third-order valence-corrected chi connectivity index (χ3v) is 6.18. The number of anilines is 4. The van der Waals surface area contributed by atoms with Crippen molar-refractivity contribution in [1.82, 2.24) is 19.9 Å². The number of nitrogens with zero attached hydrogens (tertiary/aromatic N) is 6. The number of hydrogen-bond acceptors (Lipinski definition) is 10. The molecule has 0 spiro atoms. The zero-order valence-corrected chi connectivity index (χ0v) is 21.7. The van der Waals surface area contributed by atoms with Crippen molar-refractivity contribution >= 4 is 35.1 Å². The molecule has 2 aliphatic rings. The van der Waals surface area contributed by atoms with E-state index < -0.39 is 17.5 Å². The third kappa shape index (κ3) is 6.88. The average molecular weight is 521 g/mol. The molecule has 38 heavy (non-hydrogen) atoms. The van der Waals surface area contributed by atoms with Crippen LogP contribution >= 0.6 is 0 Å². The SMILES string of the molecule is CC(C)(C)OC(=O)N1CCCC(CNc2cc(Nc3cnc(C#N)cn3)ncc2N2C=CC(C(=O)O)C2)C1. The zero-order valence-electron chi connectivity index (χ0n) is 21.7. The molecule has 12 heteroatoms. The van der Waals surface area contributed by atoms with Crippen LogP contribution in [-0.4, -0.2) is 68.8 Å². The fourth-order valence-corrected chi connectivity index (χ4v) is 4.33. The van der Waals surface area contributed by atoms with Crippen LogP contribution in [0.1, 0.15) is 39.3 Å². The van der Waals surface area contributed by atoms with Crippen molar-refractivity contribution in [3.8, 4) is 6.07 Å². The standard InChI is InChI=1S/C26H32N8O4/c1-26(2,3)38-25(37)34-7-4-5-17(15-34)11-29-20-9-22(32-23-14-28-19(10-27)12-30-23)31-13-21(20)33-8-6-18(16-33)24(35)36/h6,8-9,12-14,17-18H,4-5,7,11,15-16H2,1-3H3,(H,35,36)(H2,29,30,31,32). The lowest BCUT2D eigenvalue weighted by molar-refractivity contribution is -0.139. The lowest BCUT2D eigenvalue weighted by Crippen LogP contribution is -2.44. The maximum Gasteiger partial charge on any atom is 0.410 e. The summed E-state index contributed by atoms with van der Waals surface area (Å²) in [6, 6.07) is 3.76. The highest BCUT2D eigenvalue weighted by atomic mass is 16.6. The number of aromatic nitrogens is 3. The maximum absolute atomic E-state index is 12.6. The Labute approximate surface area is 221 Å². The van der Waals surface area contributed by atoms with Crippen LogP contribution in [0.15, 0.2) is 36.9 Å². The molecule has 2 aromatic rings. The van der Waals surface area contributed by atoms with Gasteiger partial charge in [0.1, 0.15) is 23.3 Å². The topological polar surface area (TPSA) is 157 Å². The number of ether oxygens (including phenoxy) is 1. The molecule has 2 atom stereocenters. The number of carbonyl (C=O) groups excluding carboxylic acids is 1. The van der Waals surface area contributed by atoms with Gasteiger partial charge in [-0.05, 0) is 39.5 Å². The van der Waals surface area contributed by atoms with Gasteiger partial charge in [0.2, 0.25) is 0 Å². The summed E-state index contributed by atoms with van der Waals surface area (Å²) < 4.78 is 5.55. The van der Waals surface area contributed by atoms with Gasteiger partial charge in [-0.15, -0.1) is 0 Å². The Morgan fingerprint density at radius 1 is 1.18 bits per heavy atom. The van der Waals surface area contributed by atoms with Crippen LogP contribution in [0.5, 0.6) is 0 Å². The minimum absolute atomic E-state index is 0.207. The van der Waals surface area contributed by atoms with E-state index in [1.807, 2.05) is 37.8 Å². The highest BCUT2D eigenvalue weighted by Crippen LogP contribution is 2.32. The van der Waals surface area contributed by atoms with Crippen molar-refractivity contribution in [2.45, 2.75) is 39.2 Å². The molecule has 0 aromatic carbocycles. The average Bonchev–Trinajstić information content (AvgIpc) is 3.38. The van der Waals surface area contributed by atoms with Crippen LogP contribution in [0.3, 0.4) is 0 Å². The van der Waals surface area contributed by atoms with E-state index in [2.05, 4.69) is 25.6 Å². The molecule has 1 saturated heterocycles. The summed E-state index contributed by atoms with van der Waals surface area (Å²) in [5.74, 6) is -0.336. The Balaban J connectivity index is 1.49. The molecule has 2 aliphatic heterocycles. The summed E-state index contributed by atoms with van der Waals surface area (Å²) in [5, 5.41) is 24.9. The lowest BCUT2D eigenvalue weighted by Gasteiger charge is -2.34. The van der Waals surface area contributed by atoms with E-state index in [9.17, 15) is 14.7 Å². The van der Waals surface area contributed by atoms with E-state index in [0.717, 1.165) is 24.2 Å². The molecule has 2 aromatic heterocycles. The number of nitriles is 1. The van der Waals surface area contributed by atoms with Crippen LogP contribution in [0.4, 0.5) is 27.8 Å². The third-order valence-electron chi connectivity index (χ3n) is 6.18. The van der Waals surface area contributed by atoms with Crippen molar-refractivity contribution in [2.75, 3.05) is 41.7 Å². The molecule has 4 heterocycles. The summed E-state index contributed by atoms with van der Waals surface area (Å²) in [5.41, 5.74) is 1.16. The lowest BCUT2D eigenvalue weighted by atomic mass is 9.98. The Bertz CT molecular complexity index is 1240. The first-order valence-electron chi connectivity index (χ1n) is 12.5. The predicted molar refractivity (Wildman–Crippen MR) is 141 cm³/mol. The molecule has 3 N–H and O–H groups in total. The minimum Gasteiger partial charge on any atom is -0.481 e. The minimum atomic E-state index is -0.881. The number of pyridine rings is 1. The highest BCUT2D eigenvalue weighted by Gasteiger charge is 2.29. The second-order valence-electron chi connectivity index (χ2n) is 10.4. The Morgan fingerprint density at radius 2 is 1.97 bits per heavy atom. The Morgan fingerprint density at radius 3 is 2.63 bits per heavy atom. The maximum atomic E-state index is 12.6. The number of carboxylic acids is 1. The van der Waals surface area contributed by atoms with E-state index in [4.69, 9.17) is 10.00 Å². The molecule has 1 amide bonds. The van der Waals surface area contributed by atoms with E-state index in [0.29, 0.717) is 37.8 Å². The van der Waals surface area contributed by atoms with Gasteiger partial charge >= 0.3 is 12.1 Å². The van der Waals surface area contributed by atoms with Gasteiger partial charge in [-0.25, -0.2) is 19.7 Å². The molecule has 0 bridgehead atoms. The van der Waals surface area contributed by atoms with Gasteiger partial charge in [-0.2, -0.15) is 5.26 Å². The number of carboxylic acid groups (broad SMARTS) is 1. The van der Waals surface area contributed by atoms with Crippen molar-refractivity contribution < 1.29 is 19.4 Å². The van der Waals surface area contributed by atoms with Crippen LogP contribution in [0.25, 0.3) is 0 Å².